The van der Waals surface area contributed by atoms with Gasteiger partial charge in [0.2, 0.25) is 0 Å². The number of carbonyl (C=O) groups excluding carboxylic acids is 1. The zero-order valence-electron chi connectivity index (χ0n) is 17.8. The van der Waals surface area contributed by atoms with E-state index in [1.165, 1.54) is 5.56 Å². The average Bonchev–Trinajstić information content (AvgIpc) is 2.74. The molecular weight excluding hydrogens is 364 g/mol. The Kier molecular flexibility index (Phi) is 9.84. The minimum atomic E-state index is -0.244. The molecule has 0 fully saturated rings. The van der Waals surface area contributed by atoms with Crippen LogP contribution in [0.2, 0.25) is 0 Å². The molecule has 156 valence electrons. The second-order valence-electron chi connectivity index (χ2n) is 6.84. The van der Waals surface area contributed by atoms with Crippen LogP contribution in [0.15, 0.2) is 54.1 Å². The lowest BCUT2D eigenvalue weighted by Crippen LogP contribution is -2.08. The molecule has 2 aromatic rings. The van der Waals surface area contributed by atoms with Gasteiger partial charge < -0.3 is 14.2 Å². The Hall–Kier alpha value is -2.75. The fraction of sp³-hybridized carbons (Fsp3) is 0.400. The summed E-state index contributed by atoms with van der Waals surface area (Å²) >= 11 is 0. The van der Waals surface area contributed by atoms with Crippen LogP contribution in [0.25, 0.3) is 6.08 Å². The largest absolute Gasteiger partial charge is 0.493 e. The number of carbonyl (C=O) groups is 1. The van der Waals surface area contributed by atoms with Crippen LogP contribution in [-0.4, -0.2) is 26.3 Å². The molecule has 0 aliphatic heterocycles. The van der Waals surface area contributed by atoms with Crippen molar-refractivity contribution in [2.45, 2.75) is 46.0 Å². The van der Waals surface area contributed by atoms with Gasteiger partial charge >= 0.3 is 5.97 Å². The molecule has 0 aliphatic rings. The molecule has 0 saturated carbocycles. The van der Waals surface area contributed by atoms with E-state index in [0.29, 0.717) is 36.7 Å². The fourth-order valence-corrected chi connectivity index (χ4v) is 3.04. The van der Waals surface area contributed by atoms with Gasteiger partial charge in [-0.05, 0) is 49.1 Å². The van der Waals surface area contributed by atoms with E-state index >= 15 is 0 Å². The van der Waals surface area contributed by atoms with E-state index in [9.17, 15) is 4.79 Å². The first-order valence-corrected chi connectivity index (χ1v) is 10.4. The van der Waals surface area contributed by atoms with Gasteiger partial charge in [0.25, 0.3) is 0 Å². The first kappa shape index (κ1) is 22.5. The Bertz CT molecular complexity index is 781. The molecule has 0 aliphatic carbocycles. The van der Waals surface area contributed by atoms with Crippen molar-refractivity contribution in [3.05, 3.63) is 65.2 Å². The van der Waals surface area contributed by atoms with Crippen molar-refractivity contribution in [2.24, 2.45) is 0 Å². The maximum atomic E-state index is 12.3. The lowest BCUT2D eigenvalue weighted by atomic mass is 10.0. The molecule has 4 nitrogen and oxygen atoms in total. The highest BCUT2D eigenvalue weighted by Crippen LogP contribution is 2.29. The SMILES string of the molecule is CCCCCC(=Cc1ccc(OC)c(OCCc2ccccc2)c1)C(=O)OCC. The number of benzene rings is 2. The molecule has 0 saturated heterocycles. The summed E-state index contributed by atoms with van der Waals surface area (Å²) in [4.78, 5) is 12.3. The van der Waals surface area contributed by atoms with Crippen LogP contribution in [0.5, 0.6) is 11.5 Å². The number of rotatable bonds is 12. The van der Waals surface area contributed by atoms with E-state index < -0.39 is 0 Å². The van der Waals surface area contributed by atoms with Crippen LogP contribution in [0.4, 0.5) is 0 Å². The highest BCUT2D eigenvalue weighted by molar-refractivity contribution is 5.93. The predicted octanol–water partition coefficient (Wildman–Crippen LogP) is 5.84. The van der Waals surface area contributed by atoms with Crippen LogP contribution < -0.4 is 9.47 Å². The lowest BCUT2D eigenvalue weighted by molar-refractivity contribution is -0.138. The molecule has 0 spiro atoms. The van der Waals surface area contributed by atoms with Crippen LogP contribution in [0.3, 0.4) is 0 Å². The Balaban J connectivity index is 2.14. The summed E-state index contributed by atoms with van der Waals surface area (Å²) in [6.07, 6.45) is 6.60. The van der Waals surface area contributed by atoms with Gasteiger partial charge in [-0.3, -0.25) is 0 Å². The molecule has 0 bridgehead atoms. The second kappa shape index (κ2) is 12.7. The molecule has 0 unspecified atom stereocenters. The standard InChI is InChI=1S/C25H32O4/c1-4-6-8-13-22(25(26)28-5-2)18-21-14-15-23(27-3)24(19-21)29-17-16-20-11-9-7-10-12-20/h7,9-12,14-15,18-19H,4-6,8,13,16-17H2,1-3H3. The molecule has 0 heterocycles. The smallest absolute Gasteiger partial charge is 0.334 e. The number of esters is 1. The Morgan fingerprint density at radius 3 is 2.48 bits per heavy atom. The molecule has 0 atom stereocenters. The van der Waals surface area contributed by atoms with Crippen LogP contribution in [0, 0.1) is 0 Å². The highest BCUT2D eigenvalue weighted by Gasteiger charge is 2.12. The van der Waals surface area contributed by atoms with Crippen molar-refractivity contribution in [1.82, 2.24) is 0 Å². The van der Waals surface area contributed by atoms with Crippen molar-refractivity contribution < 1.29 is 19.0 Å². The molecular formula is C25H32O4. The predicted molar refractivity (Wildman–Crippen MR) is 117 cm³/mol. The van der Waals surface area contributed by atoms with Crippen molar-refractivity contribution in [2.75, 3.05) is 20.3 Å². The third kappa shape index (κ3) is 7.65. The average molecular weight is 397 g/mol. The molecule has 2 aromatic carbocycles. The number of methoxy groups -OCH3 is 1. The first-order valence-electron chi connectivity index (χ1n) is 10.4. The van der Waals surface area contributed by atoms with Gasteiger partial charge in [0, 0.05) is 12.0 Å². The monoisotopic (exact) mass is 396 g/mol. The second-order valence-corrected chi connectivity index (χ2v) is 6.84. The van der Waals surface area contributed by atoms with E-state index in [1.807, 2.05) is 49.4 Å². The summed E-state index contributed by atoms with van der Waals surface area (Å²) in [6.45, 7) is 4.90. The molecule has 4 heteroatoms. The van der Waals surface area contributed by atoms with E-state index in [-0.39, 0.29) is 5.97 Å². The molecule has 0 aromatic heterocycles. The maximum Gasteiger partial charge on any atom is 0.334 e. The summed E-state index contributed by atoms with van der Waals surface area (Å²) in [5, 5.41) is 0. The van der Waals surface area contributed by atoms with Crippen molar-refractivity contribution in [3.63, 3.8) is 0 Å². The summed E-state index contributed by atoms with van der Waals surface area (Å²) in [5.41, 5.74) is 2.82. The van der Waals surface area contributed by atoms with Crippen molar-refractivity contribution in [3.8, 4) is 11.5 Å². The fourth-order valence-electron chi connectivity index (χ4n) is 3.04. The van der Waals surface area contributed by atoms with Gasteiger partial charge in [0.05, 0.1) is 20.3 Å². The normalized spacial score (nSPS) is 11.2. The topological polar surface area (TPSA) is 44.8 Å². The third-order valence-electron chi connectivity index (χ3n) is 4.61. The van der Waals surface area contributed by atoms with Gasteiger partial charge in [-0.25, -0.2) is 4.79 Å². The summed E-state index contributed by atoms with van der Waals surface area (Å²) in [6, 6.07) is 15.9. The lowest BCUT2D eigenvalue weighted by Gasteiger charge is -2.12. The van der Waals surface area contributed by atoms with E-state index in [0.717, 1.165) is 31.2 Å². The number of ether oxygens (including phenoxy) is 3. The number of hydrogen-bond donors (Lipinski definition) is 0. The number of unbranched alkanes of at least 4 members (excludes halogenated alkanes) is 2. The van der Waals surface area contributed by atoms with Gasteiger partial charge in [0.15, 0.2) is 11.5 Å². The van der Waals surface area contributed by atoms with E-state index in [1.54, 1.807) is 7.11 Å². The molecule has 29 heavy (non-hydrogen) atoms. The van der Waals surface area contributed by atoms with Crippen LogP contribution >= 0.6 is 0 Å². The quantitative estimate of drug-likeness (QED) is 0.257. The van der Waals surface area contributed by atoms with Crippen molar-refractivity contribution in [1.29, 1.82) is 0 Å². The van der Waals surface area contributed by atoms with Gasteiger partial charge in [-0.1, -0.05) is 56.2 Å². The van der Waals surface area contributed by atoms with Crippen LogP contribution in [0.1, 0.15) is 50.7 Å². The minimum absolute atomic E-state index is 0.244. The zero-order chi connectivity index (χ0) is 20.9. The van der Waals surface area contributed by atoms with Gasteiger partial charge in [-0.2, -0.15) is 0 Å². The van der Waals surface area contributed by atoms with Gasteiger partial charge in [-0.15, -0.1) is 0 Å². The maximum absolute atomic E-state index is 12.3. The summed E-state index contributed by atoms with van der Waals surface area (Å²) in [5.74, 6) is 1.11. The van der Waals surface area contributed by atoms with E-state index in [2.05, 4.69) is 19.1 Å². The number of hydrogen-bond acceptors (Lipinski definition) is 4. The van der Waals surface area contributed by atoms with Crippen LogP contribution in [-0.2, 0) is 16.0 Å². The Morgan fingerprint density at radius 2 is 1.79 bits per heavy atom. The summed E-state index contributed by atoms with van der Waals surface area (Å²) in [7, 11) is 1.63. The molecule has 2 rings (SSSR count). The van der Waals surface area contributed by atoms with Gasteiger partial charge in [0.1, 0.15) is 0 Å². The highest BCUT2D eigenvalue weighted by atomic mass is 16.5. The Morgan fingerprint density at radius 1 is 1.00 bits per heavy atom. The first-order chi connectivity index (χ1) is 14.2. The molecule has 0 N–H and O–H groups in total. The third-order valence-corrected chi connectivity index (χ3v) is 4.61. The molecule has 0 radical (unpaired) electrons. The van der Waals surface area contributed by atoms with E-state index in [4.69, 9.17) is 14.2 Å². The molecule has 0 amide bonds. The minimum Gasteiger partial charge on any atom is -0.493 e. The summed E-state index contributed by atoms with van der Waals surface area (Å²) < 4.78 is 16.7. The van der Waals surface area contributed by atoms with Crippen molar-refractivity contribution >= 4 is 12.0 Å². The Labute approximate surface area is 174 Å². The zero-order valence-corrected chi connectivity index (χ0v) is 17.8.